The highest BCUT2D eigenvalue weighted by atomic mass is 31.1. The highest BCUT2D eigenvalue weighted by molar-refractivity contribution is 7.48. The van der Waals surface area contributed by atoms with Crippen LogP contribution in [0.25, 0.3) is 0 Å². The monoisotopic (exact) mass is 497 g/mol. The largest absolute Gasteiger partial charge is 0.467 e. The van der Waals surface area contributed by atoms with E-state index in [4.69, 9.17) is 9.47 Å². The standard InChI is InChI=1S/C31H48NO2P/c1-11-12-15-18-31(8,35-27-17-14-13-16-23(27)21-32-9)26-20-24(29(2,3)4)19-25(30(5,6)7)28(26)34-22-33-10/h13-14,16-17,19-21,35H,11-12,15,18,22H2,1-10H3/b32-21+. The molecular formula is C31H48NO2P. The lowest BCUT2D eigenvalue weighted by Gasteiger charge is -2.37. The molecule has 0 aliphatic heterocycles. The Morgan fingerprint density at radius 2 is 1.57 bits per heavy atom. The number of rotatable bonds is 11. The number of aliphatic imine (C=N–C) groups is 1. The van der Waals surface area contributed by atoms with Crippen molar-refractivity contribution in [2.24, 2.45) is 4.99 Å². The van der Waals surface area contributed by atoms with Crippen LogP contribution < -0.4 is 10.0 Å². The van der Waals surface area contributed by atoms with Crippen LogP contribution in [0.3, 0.4) is 0 Å². The Balaban J connectivity index is 2.84. The summed E-state index contributed by atoms with van der Waals surface area (Å²) in [7, 11) is 4.14. The molecule has 0 N–H and O–H groups in total. The number of hydrogen-bond donors (Lipinski definition) is 0. The Morgan fingerprint density at radius 1 is 0.914 bits per heavy atom. The van der Waals surface area contributed by atoms with Gasteiger partial charge in [-0.05, 0) is 33.7 Å². The predicted molar refractivity (Wildman–Crippen MR) is 156 cm³/mol. The van der Waals surface area contributed by atoms with Gasteiger partial charge in [0.25, 0.3) is 0 Å². The quantitative estimate of drug-likeness (QED) is 0.136. The Labute approximate surface area is 216 Å². The topological polar surface area (TPSA) is 30.8 Å². The number of ether oxygens (including phenoxy) is 2. The molecule has 0 radical (unpaired) electrons. The molecule has 0 aliphatic rings. The van der Waals surface area contributed by atoms with Crippen molar-refractivity contribution in [1.82, 2.24) is 0 Å². The third-order valence-corrected chi connectivity index (χ3v) is 8.39. The fourth-order valence-corrected chi connectivity index (χ4v) is 6.14. The van der Waals surface area contributed by atoms with Gasteiger partial charge in [-0.15, -0.1) is 0 Å². The highest BCUT2D eigenvalue weighted by Crippen LogP contribution is 2.52. The van der Waals surface area contributed by atoms with Gasteiger partial charge < -0.3 is 9.47 Å². The zero-order chi connectivity index (χ0) is 26.3. The summed E-state index contributed by atoms with van der Waals surface area (Å²) in [6, 6.07) is 13.5. The molecular weight excluding hydrogens is 449 g/mol. The molecule has 2 aromatic rings. The van der Waals surface area contributed by atoms with Gasteiger partial charge in [0.15, 0.2) is 6.79 Å². The molecule has 0 saturated carbocycles. The van der Waals surface area contributed by atoms with Crippen LogP contribution in [-0.4, -0.2) is 27.2 Å². The smallest absolute Gasteiger partial charge is 0.188 e. The maximum Gasteiger partial charge on any atom is 0.188 e. The van der Waals surface area contributed by atoms with Crippen molar-refractivity contribution < 1.29 is 9.47 Å². The van der Waals surface area contributed by atoms with E-state index in [1.807, 2.05) is 13.3 Å². The molecule has 4 heteroatoms. The number of nitrogens with zero attached hydrogens (tertiary/aromatic N) is 1. The van der Waals surface area contributed by atoms with Gasteiger partial charge >= 0.3 is 0 Å². The molecule has 0 spiro atoms. The Hall–Kier alpha value is -1.70. The van der Waals surface area contributed by atoms with Crippen LogP contribution in [0.5, 0.6) is 5.75 Å². The molecule has 2 unspecified atom stereocenters. The van der Waals surface area contributed by atoms with E-state index in [2.05, 4.69) is 96.8 Å². The molecule has 0 aromatic heterocycles. The maximum atomic E-state index is 6.44. The summed E-state index contributed by atoms with van der Waals surface area (Å²) < 4.78 is 11.8. The van der Waals surface area contributed by atoms with Crippen molar-refractivity contribution in [2.45, 2.75) is 97.1 Å². The fraction of sp³-hybridized carbons (Fsp3) is 0.581. The molecule has 2 atom stereocenters. The summed E-state index contributed by atoms with van der Waals surface area (Å²) in [5, 5.41) is 1.28. The van der Waals surface area contributed by atoms with Crippen molar-refractivity contribution >= 4 is 20.1 Å². The first-order valence-electron chi connectivity index (χ1n) is 13.0. The van der Waals surface area contributed by atoms with Crippen LogP contribution in [0, 0.1) is 0 Å². The van der Waals surface area contributed by atoms with E-state index in [1.54, 1.807) is 7.11 Å². The van der Waals surface area contributed by atoms with E-state index in [1.165, 1.54) is 46.8 Å². The molecule has 0 aliphatic carbocycles. The van der Waals surface area contributed by atoms with Crippen molar-refractivity contribution in [3.8, 4) is 5.75 Å². The third-order valence-electron chi connectivity index (χ3n) is 6.60. The van der Waals surface area contributed by atoms with Crippen LogP contribution in [0.4, 0.5) is 0 Å². The first-order chi connectivity index (χ1) is 16.4. The normalized spacial score (nSPS) is 14.7. The SMILES string of the molecule is CCCCCC(C)(Pc1ccccc1/C=N/C)c1cc(C(C)(C)C)cc(C(C)(C)C)c1OCOC. The third kappa shape index (κ3) is 7.89. The van der Waals surface area contributed by atoms with Crippen molar-refractivity contribution in [2.75, 3.05) is 21.0 Å². The maximum absolute atomic E-state index is 6.44. The lowest BCUT2D eigenvalue weighted by atomic mass is 9.76. The van der Waals surface area contributed by atoms with E-state index in [0.717, 1.165) is 12.2 Å². The summed E-state index contributed by atoms with van der Waals surface area (Å²) >= 11 is 0. The van der Waals surface area contributed by atoms with Gasteiger partial charge in [0.05, 0.1) is 0 Å². The summed E-state index contributed by atoms with van der Waals surface area (Å²) in [6.07, 6.45) is 6.73. The van der Waals surface area contributed by atoms with Crippen LogP contribution in [0.15, 0.2) is 41.4 Å². The number of hydrogen-bond acceptors (Lipinski definition) is 3. The molecule has 2 rings (SSSR count). The Morgan fingerprint density at radius 3 is 2.14 bits per heavy atom. The van der Waals surface area contributed by atoms with Gasteiger partial charge in [0.1, 0.15) is 5.75 Å². The molecule has 0 bridgehead atoms. The second kappa shape index (κ2) is 12.5. The summed E-state index contributed by atoms with van der Waals surface area (Å²) in [5.74, 6) is 1.00. The van der Waals surface area contributed by atoms with Gasteiger partial charge in [-0.1, -0.05) is 120 Å². The first-order valence-corrected chi connectivity index (χ1v) is 14.0. The van der Waals surface area contributed by atoms with Gasteiger partial charge in [-0.25, -0.2) is 0 Å². The zero-order valence-electron chi connectivity index (χ0n) is 23.8. The van der Waals surface area contributed by atoms with Crippen LogP contribution in [-0.2, 0) is 20.7 Å². The average molecular weight is 498 g/mol. The van der Waals surface area contributed by atoms with Crippen molar-refractivity contribution in [3.05, 3.63) is 58.7 Å². The van der Waals surface area contributed by atoms with Crippen molar-refractivity contribution in [1.29, 1.82) is 0 Å². The van der Waals surface area contributed by atoms with Crippen molar-refractivity contribution in [3.63, 3.8) is 0 Å². The van der Waals surface area contributed by atoms with E-state index in [0.29, 0.717) is 8.58 Å². The predicted octanol–water partition coefficient (Wildman–Crippen LogP) is 8.11. The molecule has 0 heterocycles. The van der Waals surface area contributed by atoms with Crippen LogP contribution in [0.1, 0.15) is 103 Å². The molecule has 0 amide bonds. The minimum absolute atomic E-state index is 0.0365. The van der Waals surface area contributed by atoms with E-state index >= 15 is 0 Å². The van der Waals surface area contributed by atoms with E-state index in [9.17, 15) is 0 Å². The van der Waals surface area contributed by atoms with Gasteiger partial charge in [-0.2, -0.15) is 0 Å². The van der Waals surface area contributed by atoms with Crippen LogP contribution >= 0.6 is 8.58 Å². The molecule has 194 valence electrons. The summed E-state index contributed by atoms with van der Waals surface area (Å²) in [5.41, 5.74) is 5.11. The molecule has 0 saturated heterocycles. The molecule has 0 fully saturated rings. The lowest BCUT2D eigenvalue weighted by molar-refractivity contribution is 0.0486. The second-order valence-corrected chi connectivity index (χ2v) is 13.7. The minimum atomic E-state index is -0.0722. The zero-order valence-corrected chi connectivity index (χ0v) is 24.8. The average Bonchev–Trinajstić information content (AvgIpc) is 2.77. The minimum Gasteiger partial charge on any atom is -0.467 e. The number of unbranched alkanes of at least 4 members (excludes halogenated alkanes) is 2. The Bertz CT molecular complexity index is 984. The molecule has 35 heavy (non-hydrogen) atoms. The first kappa shape index (κ1) is 29.5. The van der Waals surface area contributed by atoms with Crippen LogP contribution in [0.2, 0.25) is 0 Å². The molecule has 3 nitrogen and oxygen atoms in total. The van der Waals surface area contributed by atoms with Gasteiger partial charge in [0, 0.05) is 36.7 Å². The van der Waals surface area contributed by atoms with Gasteiger partial charge in [0.2, 0.25) is 0 Å². The van der Waals surface area contributed by atoms with E-state index in [-0.39, 0.29) is 22.8 Å². The highest BCUT2D eigenvalue weighted by Gasteiger charge is 2.35. The number of benzene rings is 2. The van der Waals surface area contributed by atoms with Gasteiger partial charge in [-0.3, -0.25) is 4.99 Å². The summed E-state index contributed by atoms with van der Waals surface area (Å²) in [4.78, 5) is 4.33. The summed E-state index contributed by atoms with van der Waals surface area (Å²) in [6.45, 7) is 18.7. The molecule has 2 aromatic carbocycles. The lowest BCUT2D eigenvalue weighted by Crippen LogP contribution is -2.26. The number of methoxy groups -OCH3 is 1. The second-order valence-electron chi connectivity index (χ2n) is 11.8. The van der Waals surface area contributed by atoms with E-state index < -0.39 is 0 Å². The fourth-order valence-electron chi connectivity index (χ4n) is 4.45. The Kier molecular flexibility index (Phi) is 10.6.